The first-order valence-corrected chi connectivity index (χ1v) is 6.83. The zero-order valence-electron chi connectivity index (χ0n) is 11.8. The van der Waals surface area contributed by atoms with Crippen LogP contribution in [0.2, 0.25) is 0 Å². The number of hydrogen-bond acceptors (Lipinski definition) is 1. The normalized spacial score (nSPS) is 12.3. The van der Waals surface area contributed by atoms with Gasteiger partial charge in [-0.1, -0.05) is 24.3 Å². The molecule has 0 amide bonds. The second kappa shape index (κ2) is 5.66. The fourth-order valence-corrected chi connectivity index (χ4v) is 2.76. The Labute approximate surface area is 120 Å². The molecule has 1 nitrogen and oxygen atoms in total. The van der Waals surface area contributed by atoms with Crippen LogP contribution in [0.25, 0.3) is 0 Å². The van der Waals surface area contributed by atoms with Gasteiger partial charge in [-0.25, -0.2) is 0 Å². The van der Waals surface area contributed by atoms with Gasteiger partial charge >= 0.3 is 0 Å². The summed E-state index contributed by atoms with van der Waals surface area (Å²) in [4.78, 5) is 0. The minimum absolute atomic E-state index is 0.120. The molecule has 2 aromatic carbocycles. The summed E-state index contributed by atoms with van der Waals surface area (Å²) in [6, 6.07) is 12.3. The number of methoxy groups -OCH3 is 1. The van der Waals surface area contributed by atoms with Crippen LogP contribution < -0.4 is 4.74 Å². The van der Waals surface area contributed by atoms with Gasteiger partial charge < -0.3 is 4.74 Å². The molecule has 0 aliphatic heterocycles. The average Bonchev–Trinajstić information content (AvgIpc) is 2.41. The average molecular weight is 275 g/mol. The van der Waals surface area contributed by atoms with Crippen molar-refractivity contribution < 1.29 is 4.74 Å². The summed E-state index contributed by atoms with van der Waals surface area (Å²) in [6.45, 7) is 6.31. The summed E-state index contributed by atoms with van der Waals surface area (Å²) in [5.41, 5.74) is 6.00. The van der Waals surface area contributed by atoms with Crippen molar-refractivity contribution in [2.24, 2.45) is 0 Å². The standard InChI is InChI=1S/C17H19ClO/c1-11-6-5-7-16(13(11)3)17(18)15-9-8-14(19-4)10-12(15)2/h5-10,17H,1-4H3. The molecule has 0 heterocycles. The van der Waals surface area contributed by atoms with Crippen molar-refractivity contribution >= 4 is 11.6 Å². The van der Waals surface area contributed by atoms with Crippen LogP contribution in [0.5, 0.6) is 5.75 Å². The van der Waals surface area contributed by atoms with E-state index in [9.17, 15) is 0 Å². The Bertz CT molecular complexity index is 590. The Morgan fingerprint density at radius 2 is 1.68 bits per heavy atom. The summed E-state index contributed by atoms with van der Waals surface area (Å²) in [7, 11) is 1.68. The van der Waals surface area contributed by atoms with E-state index in [0.717, 1.165) is 16.9 Å². The van der Waals surface area contributed by atoms with Crippen molar-refractivity contribution in [2.75, 3.05) is 7.11 Å². The lowest BCUT2D eigenvalue weighted by Crippen LogP contribution is -2.00. The number of aryl methyl sites for hydroxylation is 2. The molecular formula is C17H19ClO. The molecule has 0 spiro atoms. The third-order valence-electron chi connectivity index (χ3n) is 3.67. The van der Waals surface area contributed by atoms with Crippen molar-refractivity contribution in [1.82, 2.24) is 0 Å². The number of hydrogen-bond donors (Lipinski definition) is 0. The van der Waals surface area contributed by atoms with Gasteiger partial charge in [0.05, 0.1) is 12.5 Å². The van der Waals surface area contributed by atoms with Crippen LogP contribution in [0, 0.1) is 20.8 Å². The van der Waals surface area contributed by atoms with Gasteiger partial charge in [0.15, 0.2) is 0 Å². The molecule has 2 heteroatoms. The summed E-state index contributed by atoms with van der Waals surface area (Å²) in [6.07, 6.45) is 0. The lowest BCUT2D eigenvalue weighted by Gasteiger charge is -2.17. The smallest absolute Gasteiger partial charge is 0.119 e. The highest BCUT2D eigenvalue weighted by Gasteiger charge is 2.16. The highest BCUT2D eigenvalue weighted by Crippen LogP contribution is 2.34. The van der Waals surface area contributed by atoms with Gasteiger partial charge in [0.25, 0.3) is 0 Å². The zero-order valence-corrected chi connectivity index (χ0v) is 12.6. The van der Waals surface area contributed by atoms with E-state index in [2.05, 4.69) is 39.0 Å². The predicted octanol–water partition coefficient (Wildman–Crippen LogP) is 4.95. The highest BCUT2D eigenvalue weighted by atomic mass is 35.5. The van der Waals surface area contributed by atoms with E-state index in [-0.39, 0.29) is 5.38 Å². The monoisotopic (exact) mass is 274 g/mol. The van der Waals surface area contributed by atoms with Crippen LogP contribution in [0.15, 0.2) is 36.4 Å². The Kier molecular flexibility index (Phi) is 4.16. The molecule has 1 unspecified atom stereocenters. The fraction of sp³-hybridized carbons (Fsp3) is 0.294. The SMILES string of the molecule is COc1ccc(C(Cl)c2cccc(C)c2C)c(C)c1. The van der Waals surface area contributed by atoms with Crippen LogP contribution in [0.3, 0.4) is 0 Å². The summed E-state index contributed by atoms with van der Waals surface area (Å²) >= 11 is 6.67. The second-order valence-corrected chi connectivity index (χ2v) is 5.31. The Hall–Kier alpha value is -1.47. The molecule has 0 radical (unpaired) electrons. The van der Waals surface area contributed by atoms with Gasteiger partial charge in [-0.05, 0) is 60.7 Å². The quantitative estimate of drug-likeness (QED) is 0.720. The minimum atomic E-state index is -0.120. The maximum atomic E-state index is 6.67. The maximum Gasteiger partial charge on any atom is 0.119 e. The Balaban J connectivity index is 2.44. The first-order valence-electron chi connectivity index (χ1n) is 6.39. The van der Waals surface area contributed by atoms with E-state index in [0.29, 0.717) is 0 Å². The first kappa shape index (κ1) is 14.0. The third-order valence-corrected chi connectivity index (χ3v) is 4.14. The Morgan fingerprint density at radius 1 is 0.947 bits per heavy atom. The van der Waals surface area contributed by atoms with E-state index in [1.807, 2.05) is 18.2 Å². The highest BCUT2D eigenvalue weighted by molar-refractivity contribution is 6.22. The van der Waals surface area contributed by atoms with Crippen molar-refractivity contribution in [1.29, 1.82) is 0 Å². The number of ether oxygens (including phenoxy) is 1. The van der Waals surface area contributed by atoms with Gasteiger partial charge in [0.2, 0.25) is 0 Å². The van der Waals surface area contributed by atoms with Crippen LogP contribution >= 0.6 is 11.6 Å². The van der Waals surface area contributed by atoms with Crippen LogP contribution in [0.1, 0.15) is 33.2 Å². The van der Waals surface area contributed by atoms with E-state index >= 15 is 0 Å². The van der Waals surface area contributed by atoms with Gasteiger partial charge in [-0.3, -0.25) is 0 Å². The van der Waals surface area contributed by atoms with E-state index in [4.69, 9.17) is 16.3 Å². The molecular weight excluding hydrogens is 256 g/mol. The first-order chi connectivity index (χ1) is 9.04. The molecule has 0 aliphatic carbocycles. The molecule has 19 heavy (non-hydrogen) atoms. The van der Waals surface area contributed by atoms with Crippen molar-refractivity contribution in [2.45, 2.75) is 26.1 Å². The number of rotatable bonds is 3. The fourth-order valence-electron chi connectivity index (χ4n) is 2.28. The Morgan fingerprint density at radius 3 is 2.32 bits per heavy atom. The molecule has 0 saturated heterocycles. The van der Waals surface area contributed by atoms with E-state index in [1.54, 1.807) is 7.11 Å². The van der Waals surface area contributed by atoms with Gasteiger partial charge in [-0.15, -0.1) is 11.6 Å². The van der Waals surface area contributed by atoms with Crippen LogP contribution in [0.4, 0.5) is 0 Å². The molecule has 0 saturated carbocycles. The number of halogens is 1. The number of alkyl halides is 1. The molecule has 2 aromatic rings. The van der Waals surface area contributed by atoms with Gasteiger partial charge in [-0.2, -0.15) is 0 Å². The summed E-state index contributed by atoms with van der Waals surface area (Å²) in [5.74, 6) is 0.867. The number of benzene rings is 2. The van der Waals surface area contributed by atoms with Crippen molar-refractivity contribution in [3.8, 4) is 5.75 Å². The van der Waals surface area contributed by atoms with E-state index in [1.165, 1.54) is 16.7 Å². The molecule has 0 fully saturated rings. The van der Waals surface area contributed by atoms with Gasteiger partial charge in [0.1, 0.15) is 5.75 Å². The molecule has 0 aliphatic rings. The molecule has 100 valence electrons. The molecule has 1 atom stereocenters. The topological polar surface area (TPSA) is 9.23 Å². The largest absolute Gasteiger partial charge is 0.497 e. The lowest BCUT2D eigenvalue weighted by molar-refractivity contribution is 0.414. The zero-order chi connectivity index (χ0) is 14.0. The maximum absolute atomic E-state index is 6.67. The van der Waals surface area contributed by atoms with E-state index < -0.39 is 0 Å². The predicted molar refractivity (Wildman–Crippen MR) is 81.3 cm³/mol. The van der Waals surface area contributed by atoms with Gasteiger partial charge in [0, 0.05) is 0 Å². The summed E-state index contributed by atoms with van der Waals surface area (Å²) < 4.78 is 5.24. The summed E-state index contributed by atoms with van der Waals surface area (Å²) in [5, 5.41) is -0.120. The third kappa shape index (κ3) is 2.76. The van der Waals surface area contributed by atoms with Crippen LogP contribution in [-0.4, -0.2) is 7.11 Å². The molecule has 0 aromatic heterocycles. The molecule has 2 rings (SSSR count). The van der Waals surface area contributed by atoms with Crippen molar-refractivity contribution in [3.05, 3.63) is 64.2 Å². The second-order valence-electron chi connectivity index (χ2n) is 4.87. The van der Waals surface area contributed by atoms with Crippen LogP contribution in [-0.2, 0) is 0 Å². The lowest BCUT2D eigenvalue weighted by atomic mass is 9.94. The van der Waals surface area contributed by atoms with Crippen molar-refractivity contribution in [3.63, 3.8) is 0 Å². The minimum Gasteiger partial charge on any atom is -0.497 e. The molecule has 0 bridgehead atoms. The molecule has 0 N–H and O–H groups in total.